The summed E-state index contributed by atoms with van der Waals surface area (Å²) in [6, 6.07) is 5.41. The highest BCUT2D eigenvalue weighted by Crippen LogP contribution is 2.13. The first kappa shape index (κ1) is 8.97. The van der Waals surface area contributed by atoms with Crippen LogP contribution in [0.25, 0.3) is 0 Å². The first-order valence-electron chi connectivity index (χ1n) is 4.62. The van der Waals surface area contributed by atoms with Gasteiger partial charge in [0.25, 0.3) is 0 Å². The number of aromatic nitrogens is 1. The summed E-state index contributed by atoms with van der Waals surface area (Å²) in [6.07, 6.45) is 2.86. The fourth-order valence-corrected chi connectivity index (χ4v) is 1.44. The second kappa shape index (κ2) is 4.07. The summed E-state index contributed by atoms with van der Waals surface area (Å²) in [7, 11) is 0. The number of nitriles is 1. The Hall–Kier alpha value is -1.60. The minimum absolute atomic E-state index is 0.240. The van der Waals surface area contributed by atoms with Crippen LogP contribution in [0.5, 0.6) is 5.75 Å². The number of pyridine rings is 1. The average Bonchev–Trinajstić information content (AvgIpc) is 2.72. The Morgan fingerprint density at radius 1 is 1.57 bits per heavy atom. The van der Waals surface area contributed by atoms with E-state index in [-0.39, 0.29) is 6.10 Å². The van der Waals surface area contributed by atoms with Gasteiger partial charge in [-0.05, 0) is 25.1 Å². The average molecular weight is 189 g/mol. The zero-order chi connectivity index (χ0) is 9.80. The zero-order valence-corrected chi connectivity index (χ0v) is 7.73. The fraction of sp³-hybridized carbons (Fsp3) is 0.400. The summed E-state index contributed by atoms with van der Waals surface area (Å²) in [5, 5.41) is 11.8. The van der Waals surface area contributed by atoms with Gasteiger partial charge >= 0.3 is 0 Å². The molecule has 1 saturated heterocycles. The van der Waals surface area contributed by atoms with E-state index >= 15 is 0 Å². The lowest BCUT2D eigenvalue weighted by molar-refractivity contribution is 0.222. The number of nitrogens with zero attached hydrogens (tertiary/aromatic N) is 2. The summed E-state index contributed by atoms with van der Waals surface area (Å²) < 4.78 is 5.64. The third-order valence-electron chi connectivity index (χ3n) is 2.17. The normalized spacial score (nSPS) is 20.4. The monoisotopic (exact) mass is 189 g/mol. The topological polar surface area (TPSA) is 57.9 Å². The van der Waals surface area contributed by atoms with Gasteiger partial charge in [-0.3, -0.25) is 0 Å². The van der Waals surface area contributed by atoms with Gasteiger partial charge in [-0.15, -0.1) is 0 Å². The van der Waals surface area contributed by atoms with Gasteiger partial charge in [-0.1, -0.05) is 0 Å². The van der Waals surface area contributed by atoms with Crippen LogP contribution >= 0.6 is 0 Å². The molecule has 0 saturated carbocycles. The maximum Gasteiger partial charge on any atom is 0.140 e. The van der Waals surface area contributed by atoms with Crippen molar-refractivity contribution in [2.45, 2.75) is 12.5 Å². The van der Waals surface area contributed by atoms with Crippen LogP contribution in [0.15, 0.2) is 18.3 Å². The van der Waals surface area contributed by atoms with E-state index in [1.54, 1.807) is 18.3 Å². The van der Waals surface area contributed by atoms with Crippen molar-refractivity contribution in [3.63, 3.8) is 0 Å². The molecule has 4 heteroatoms. The SMILES string of the molecule is N#Cc1ccc(OC2CCNC2)cn1. The lowest BCUT2D eigenvalue weighted by atomic mass is 10.3. The van der Waals surface area contributed by atoms with Crippen molar-refractivity contribution < 1.29 is 4.74 Å². The first-order valence-corrected chi connectivity index (χ1v) is 4.62. The van der Waals surface area contributed by atoms with E-state index in [1.165, 1.54) is 0 Å². The van der Waals surface area contributed by atoms with Crippen molar-refractivity contribution in [1.82, 2.24) is 10.3 Å². The van der Waals surface area contributed by atoms with Gasteiger partial charge in [0.05, 0.1) is 6.20 Å². The van der Waals surface area contributed by atoms with Crippen LogP contribution < -0.4 is 10.1 Å². The molecule has 1 aromatic heterocycles. The predicted molar refractivity (Wildman–Crippen MR) is 50.9 cm³/mol. The molecule has 72 valence electrons. The molecule has 0 aromatic carbocycles. The maximum atomic E-state index is 8.55. The maximum absolute atomic E-state index is 8.55. The van der Waals surface area contributed by atoms with Crippen LogP contribution in [-0.2, 0) is 0 Å². The van der Waals surface area contributed by atoms with Crippen LogP contribution in [0, 0.1) is 11.3 Å². The Morgan fingerprint density at radius 2 is 2.50 bits per heavy atom. The second-order valence-corrected chi connectivity index (χ2v) is 3.22. The van der Waals surface area contributed by atoms with Crippen molar-refractivity contribution >= 4 is 0 Å². The van der Waals surface area contributed by atoms with E-state index in [2.05, 4.69) is 10.3 Å². The van der Waals surface area contributed by atoms with Gasteiger partial charge in [0.2, 0.25) is 0 Å². The zero-order valence-electron chi connectivity index (χ0n) is 7.73. The lowest BCUT2D eigenvalue weighted by Crippen LogP contribution is -2.19. The summed E-state index contributed by atoms with van der Waals surface area (Å²) in [5.41, 5.74) is 0.418. The largest absolute Gasteiger partial charge is 0.487 e. The number of rotatable bonds is 2. The Balaban J connectivity index is 1.99. The van der Waals surface area contributed by atoms with Crippen LogP contribution in [-0.4, -0.2) is 24.2 Å². The standard InChI is InChI=1S/C10H11N3O/c11-5-8-1-2-9(7-13-8)14-10-3-4-12-6-10/h1-2,7,10,12H,3-4,6H2. The van der Waals surface area contributed by atoms with E-state index in [1.807, 2.05) is 6.07 Å². The number of nitrogens with one attached hydrogen (secondary N) is 1. The van der Waals surface area contributed by atoms with Crippen molar-refractivity contribution in [2.75, 3.05) is 13.1 Å². The molecule has 1 N–H and O–H groups in total. The molecule has 2 heterocycles. The molecule has 1 aliphatic heterocycles. The molecule has 1 fully saturated rings. The Bertz CT molecular complexity index is 335. The van der Waals surface area contributed by atoms with Gasteiger partial charge in [-0.25, -0.2) is 4.98 Å². The van der Waals surface area contributed by atoms with Gasteiger partial charge < -0.3 is 10.1 Å². The third kappa shape index (κ3) is 2.01. The minimum atomic E-state index is 0.240. The third-order valence-corrected chi connectivity index (χ3v) is 2.17. The summed E-state index contributed by atoms with van der Waals surface area (Å²) >= 11 is 0. The molecule has 1 atom stereocenters. The minimum Gasteiger partial charge on any atom is -0.487 e. The van der Waals surface area contributed by atoms with Crippen molar-refractivity contribution in [1.29, 1.82) is 5.26 Å². The Morgan fingerprint density at radius 3 is 3.07 bits per heavy atom. The highest BCUT2D eigenvalue weighted by atomic mass is 16.5. The van der Waals surface area contributed by atoms with Crippen molar-refractivity contribution in [3.05, 3.63) is 24.0 Å². The quantitative estimate of drug-likeness (QED) is 0.743. The Kier molecular flexibility index (Phi) is 2.61. The van der Waals surface area contributed by atoms with Crippen LogP contribution in [0.2, 0.25) is 0 Å². The van der Waals surface area contributed by atoms with Crippen LogP contribution in [0.4, 0.5) is 0 Å². The molecular formula is C10H11N3O. The van der Waals surface area contributed by atoms with E-state index in [0.717, 1.165) is 25.3 Å². The first-order chi connectivity index (χ1) is 6.88. The van der Waals surface area contributed by atoms with E-state index in [4.69, 9.17) is 10.00 Å². The Labute approximate surface area is 82.5 Å². The number of hydrogen-bond acceptors (Lipinski definition) is 4. The molecule has 0 spiro atoms. The van der Waals surface area contributed by atoms with Crippen molar-refractivity contribution in [2.24, 2.45) is 0 Å². The van der Waals surface area contributed by atoms with Crippen molar-refractivity contribution in [3.8, 4) is 11.8 Å². The number of hydrogen-bond donors (Lipinski definition) is 1. The number of ether oxygens (including phenoxy) is 1. The predicted octanol–water partition coefficient (Wildman–Crippen LogP) is 0.694. The highest BCUT2D eigenvalue weighted by molar-refractivity contribution is 5.26. The molecule has 14 heavy (non-hydrogen) atoms. The molecule has 1 aromatic rings. The molecule has 4 nitrogen and oxygen atoms in total. The summed E-state index contributed by atoms with van der Waals surface area (Å²) in [4.78, 5) is 3.93. The van der Waals surface area contributed by atoms with Gasteiger partial charge in [0, 0.05) is 6.54 Å². The second-order valence-electron chi connectivity index (χ2n) is 3.22. The van der Waals surface area contributed by atoms with Gasteiger partial charge in [-0.2, -0.15) is 5.26 Å². The van der Waals surface area contributed by atoms with E-state index in [0.29, 0.717) is 5.69 Å². The summed E-state index contributed by atoms with van der Waals surface area (Å²) in [5.74, 6) is 0.734. The van der Waals surface area contributed by atoms with Crippen LogP contribution in [0.3, 0.4) is 0 Å². The smallest absolute Gasteiger partial charge is 0.140 e. The van der Waals surface area contributed by atoms with E-state index < -0.39 is 0 Å². The molecule has 1 unspecified atom stereocenters. The molecule has 0 bridgehead atoms. The summed E-state index contributed by atoms with van der Waals surface area (Å²) in [6.45, 7) is 1.90. The lowest BCUT2D eigenvalue weighted by Gasteiger charge is -2.11. The van der Waals surface area contributed by atoms with E-state index in [9.17, 15) is 0 Å². The molecule has 0 amide bonds. The molecule has 0 aliphatic carbocycles. The van der Waals surface area contributed by atoms with Gasteiger partial charge in [0.15, 0.2) is 0 Å². The van der Waals surface area contributed by atoms with Gasteiger partial charge in [0.1, 0.15) is 23.6 Å². The molecule has 0 radical (unpaired) electrons. The highest BCUT2D eigenvalue weighted by Gasteiger charge is 2.15. The molecular weight excluding hydrogens is 178 g/mol. The van der Waals surface area contributed by atoms with Crippen LogP contribution in [0.1, 0.15) is 12.1 Å². The molecule has 1 aliphatic rings. The molecule has 2 rings (SSSR count). The fourth-order valence-electron chi connectivity index (χ4n) is 1.44.